The average molecular weight is 304 g/mol. The fourth-order valence-corrected chi connectivity index (χ4v) is 2.34. The van der Waals surface area contributed by atoms with Crippen molar-refractivity contribution in [3.05, 3.63) is 71.9 Å². The van der Waals surface area contributed by atoms with E-state index in [-0.39, 0.29) is 0 Å². The molecule has 0 saturated carbocycles. The Bertz CT molecular complexity index is 799. The molecule has 0 spiro atoms. The normalized spacial score (nSPS) is 11.1. The van der Waals surface area contributed by atoms with Crippen LogP contribution in [0.5, 0.6) is 0 Å². The fourth-order valence-electron chi connectivity index (χ4n) is 2.34. The summed E-state index contributed by atoms with van der Waals surface area (Å²) in [6.45, 7) is 1.98. The van der Waals surface area contributed by atoms with Gasteiger partial charge in [-0.25, -0.2) is 9.67 Å². The Balaban J connectivity index is 1.88. The monoisotopic (exact) mass is 304 g/mol. The minimum Gasteiger partial charge on any atom is -0.378 e. The van der Waals surface area contributed by atoms with E-state index in [9.17, 15) is 0 Å². The molecule has 3 aromatic rings. The highest BCUT2D eigenvalue weighted by molar-refractivity contribution is 5.82. The first-order valence-corrected chi connectivity index (χ1v) is 7.57. The SMILES string of the molecule is Cc1cc(N=Cc2ccc(N(C)C)cc2)n(-c2ccccc2)n1. The standard InChI is InChI=1S/C19H20N4/c1-15-13-19(23(21-15)18-7-5-4-6-8-18)20-14-16-9-11-17(12-10-16)22(2)3/h4-14H,1-3H3. The van der Waals surface area contributed by atoms with Crippen LogP contribution in [-0.2, 0) is 0 Å². The van der Waals surface area contributed by atoms with E-state index in [1.54, 1.807) is 0 Å². The number of aromatic nitrogens is 2. The van der Waals surface area contributed by atoms with Gasteiger partial charge in [0.05, 0.1) is 11.4 Å². The second-order valence-electron chi connectivity index (χ2n) is 5.64. The van der Waals surface area contributed by atoms with Gasteiger partial charge in [0.1, 0.15) is 0 Å². The van der Waals surface area contributed by atoms with Crippen LogP contribution in [0.15, 0.2) is 65.7 Å². The number of aliphatic imine (C=N–C) groups is 1. The van der Waals surface area contributed by atoms with Crippen LogP contribution in [0.2, 0.25) is 0 Å². The van der Waals surface area contributed by atoms with Crippen molar-refractivity contribution in [1.82, 2.24) is 9.78 Å². The van der Waals surface area contributed by atoms with Crippen molar-refractivity contribution in [2.45, 2.75) is 6.92 Å². The van der Waals surface area contributed by atoms with Crippen LogP contribution in [0, 0.1) is 6.92 Å². The van der Waals surface area contributed by atoms with Gasteiger partial charge in [-0.15, -0.1) is 0 Å². The van der Waals surface area contributed by atoms with Crippen LogP contribution < -0.4 is 4.90 Å². The number of hydrogen-bond donors (Lipinski definition) is 0. The maximum absolute atomic E-state index is 4.61. The molecule has 0 saturated heterocycles. The summed E-state index contributed by atoms with van der Waals surface area (Å²) in [5.74, 6) is 0.824. The van der Waals surface area contributed by atoms with Crippen molar-refractivity contribution >= 4 is 17.7 Å². The highest BCUT2D eigenvalue weighted by Crippen LogP contribution is 2.20. The third-order valence-electron chi connectivity index (χ3n) is 3.57. The van der Waals surface area contributed by atoms with Crippen molar-refractivity contribution in [3.63, 3.8) is 0 Å². The largest absolute Gasteiger partial charge is 0.378 e. The fraction of sp³-hybridized carbons (Fsp3) is 0.158. The molecule has 0 atom stereocenters. The number of nitrogens with zero attached hydrogens (tertiary/aromatic N) is 4. The minimum absolute atomic E-state index is 0.824. The first kappa shape index (κ1) is 15.0. The summed E-state index contributed by atoms with van der Waals surface area (Å²) in [5.41, 5.74) is 4.20. The molecule has 0 bridgehead atoms. The molecular weight excluding hydrogens is 284 g/mol. The zero-order valence-corrected chi connectivity index (χ0v) is 13.6. The summed E-state index contributed by atoms with van der Waals surface area (Å²) in [6.07, 6.45) is 1.87. The molecule has 0 aliphatic rings. The molecule has 0 unspecified atom stereocenters. The summed E-state index contributed by atoms with van der Waals surface area (Å²) < 4.78 is 1.86. The molecule has 4 heteroatoms. The predicted octanol–water partition coefficient (Wildman–Crippen LogP) is 4.00. The number of benzene rings is 2. The molecule has 116 valence electrons. The van der Waals surface area contributed by atoms with Crippen molar-refractivity contribution in [2.75, 3.05) is 19.0 Å². The molecule has 0 amide bonds. The molecule has 3 rings (SSSR count). The zero-order chi connectivity index (χ0) is 16.2. The molecule has 2 aromatic carbocycles. The maximum atomic E-state index is 4.61. The Hall–Kier alpha value is -2.88. The van der Waals surface area contributed by atoms with Crippen LogP contribution in [-0.4, -0.2) is 30.1 Å². The lowest BCUT2D eigenvalue weighted by Crippen LogP contribution is -2.08. The molecule has 0 radical (unpaired) electrons. The quantitative estimate of drug-likeness (QED) is 0.683. The van der Waals surface area contributed by atoms with Crippen LogP contribution in [0.25, 0.3) is 5.69 Å². The smallest absolute Gasteiger partial charge is 0.155 e. The van der Waals surface area contributed by atoms with Gasteiger partial charge in [0, 0.05) is 32.1 Å². The van der Waals surface area contributed by atoms with E-state index in [1.807, 2.05) is 68.3 Å². The van der Waals surface area contributed by atoms with E-state index in [2.05, 4.69) is 39.3 Å². The Morgan fingerprint density at radius 2 is 1.70 bits per heavy atom. The molecular formula is C19H20N4. The molecule has 0 fully saturated rings. The predicted molar refractivity (Wildman–Crippen MR) is 96.3 cm³/mol. The van der Waals surface area contributed by atoms with Gasteiger partial charge in [-0.05, 0) is 36.8 Å². The van der Waals surface area contributed by atoms with E-state index < -0.39 is 0 Å². The Kier molecular flexibility index (Phi) is 4.24. The van der Waals surface area contributed by atoms with Crippen molar-refractivity contribution in [1.29, 1.82) is 0 Å². The minimum atomic E-state index is 0.824. The van der Waals surface area contributed by atoms with E-state index in [0.29, 0.717) is 0 Å². The van der Waals surface area contributed by atoms with E-state index in [0.717, 1.165) is 22.8 Å². The summed E-state index contributed by atoms with van der Waals surface area (Å²) in [7, 11) is 4.06. The molecule has 1 heterocycles. The number of aryl methyl sites for hydroxylation is 1. The van der Waals surface area contributed by atoms with Crippen molar-refractivity contribution in [3.8, 4) is 5.69 Å². The lowest BCUT2D eigenvalue weighted by atomic mass is 10.2. The Morgan fingerprint density at radius 3 is 2.35 bits per heavy atom. The molecule has 23 heavy (non-hydrogen) atoms. The van der Waals surface area contributed by atoms with Crippen LogP contribution >= 0.6 is 0 Å². The van der Waals surface area contributed by atoms with Crippen LogP contribution in [0.4, 0.5) is 11.5 Å². The van der Waals surface area contributed by atoms with E-state index in [1.165, 1.54) is 5.69 Å². The van der Waals surface area contributed by atoms with Crippen LogP contribution in [0.1, 0.15) is 11.3 Å². The van der Waals surface area contributed by atoms with Gasteiger partial charge in [-0.2, -0.15) is 5.10 Å². The van der Waals surface area contributed by atoms with Gasteiger partial charge in [-0.1, -0.05) is 30.3 Å². The average Bonchev–Trinajstić information content (AvgIpc) is 2.95. The Labute approximate surface area is 136 Å². The maximum Gasteiger partial charge on any atom is 0.155 e. The van der Waals surface area contributed by atoms with Crippen molar-refractivity contribution < 1.29 is 0 Å². The van der Waals surface area contributed by atoms with Gasteiger partial charge in [0.15, 0.2) is 5.82 Å². The third-order valence-corrected chi connectivity index (χ3v) is 3.57. The number of para-hydroxylation sites is 1. The van der Waals surface area contributed by atoms with Gasteiger partial charge in [-0.3, -0.25) is 0 Å². The zero-order valence-electron chi connectivity index (χ0n) is 13.6. The summed E-state index contributed by atoms with van der Waals surface area (Å²) in [5, 5.41) is 4.53. The molecule has 4 nitrogen and oxygen atoms in total. The highest BCUT2D eigenvalue weighted by Gasteiger charge is 2.05. The second kappa shape index (κ2) is 6.48. The van der Waals surface area contributed by atoms with Crippen LogP contribution in [0.3, 0.4) is 0 Å². The van der Waals surface area contributed by atoms with E-state index in [4.69, 9.17) is 0 Å². The first-order chi connectivity index (χ1) is 11.1. The number of hydrogen-bond acceptors (Lipinski definition) is 3. The van der Waals surface area contributed by atoms with Crippen molar-refractivity contribution in [2.24, 2.45) is 4.99 Å². The lowest BCUT2D eigenvalue weighted by molar-refractivity contribution is 0.863. The Morgan fingerprint density at radius 1 is 1.00 bits per heavy atom. The first-order valence-electron chi connectivity index (χ1n) is 7.57. The summed E-state index contributed by atoms with van der Waals surface area (Å²) in [4.78, 5) is 6.69. The second-order valence-corrected chi connectivity index (χ2v) is 5.64. The van der Waals surface area contributed by atoms with Gasteiger partial charge < -0.3 is 4.90 Å². The van der Waals surface area contributed by atoms with Gasteiger partial charge in [0.2, 0.25) is 0 Å². The highest BCUT2D eigenvalue weighted by atomic mass is 15.3. The van der Waals surface area contributed by atoms with Gasteiger partial charge >= 0.3 is 0 Å². The molecule has 0 aliphatic heterocycles. The lowest BCUT2D eigenvalue weighted by Gasteiger charge is -2.11. The molecule has 0 N–H and O–H groups in total. The topological polar surface area (TPSA) is 33.4 Å². The molecule has 0 aliphatic carbocycles. The summed E-state index contributed by atoms with van der Waals surface area (Å²) >= 11 is 0. The molecule has 1 aromatic heterocycles. The number of rotatable bonds is 4. The number of anilines is 1. The summed E-state index contributed by atoms with van der Waals surface area (Å²) in [6, 6.07) is 20.3. The van der Waals surface area contributed by atoms with Gasteiger partial charge in [0.25, 0.3) is 0 Å². The van der Waals surface area contributed by atoms with E-state index >= 15 is 0 Å². The third kappa shape index (κ3) is 3.48.